The Morgan fingerprint density at radius 2 is 1.67 bits per heavy atom. The van der Waals surface area contributed by atoms with Gasteiger partial charge in [-0.2, -0.15) is 0 Å². The molecule has 4 amide bonds. The molecule has 0 saturated carbocycles. The number of rotatable bonds is 9. The third-order valence-electron chi connectivity index (χ3n) is 3.89. The molecule has 1 aromatic carbocycles. The molecule has 0 radical (unpaired) electrons. The summed E-state index contributed by atoms with van der Waals surface area (Å²) in [7, 11) is 2.73. The number of carbonyl (C=O) groups is 4. The highest BCUT2D eigenvalue weighted by Gasteiger charge is 2.31. The topological polar surface area (TPSA) is 140 Å². The monoisotopic (exact) mass is 422 g/mol. The first kappa shape index (κ1) is 24.9. The molecular formula is C20H30N4O6. The van der Waals surface area contributed by atoms with Crippen LogP contribution in [0.2, 0.25) is 0 Å². The third-order valence-corrected chi connectivity index (χ3v) is 3.89. The van der Waals surface area contributed by atoms with E-state index >= 15 is 0 Å². The van der Waals surface area contributed by atoms with Crippen molar-refractivity contribution in [2.75, 3.05) is 14.2 Å². The minimum absolute atomic E-state index is 0.175. The van der Waals surface area contributed by atoms with Crippen molar-refractivity contribution in [1.82, 2.24) is 15.7 Å². The van der Waals surface area contributed by atoms with Gasteiger partial charge in [0.25, 0.3) is 5.91 Å². The minimum Gasteiger partial charge on any atom is -0.444 e. The second-order valence-corrected chi connectivity index (χ2v) is 7.64. The largest absolute Gasteiger partial charge is 0.444 e. The summed E-state index contributed by atoms with van der Waals surface area (Å²) < 4.78 is 5.13. The fourth-order valence-corrected chi connectivity index (χ4v) is 2.49. The van der Waals surface area contributed by atoms with E-state index in [1.807, 2.05) is 6.07 Å². The molecule has 0 aliphatic heterocycles. The molecular weight excluding hydrogens is 392 g/mol. The van der Waals surface area contributed by atoms with Crippen molar-refractivity contribution in [3.63, 3.8) is 0 Å². The number of primary amides is 1. The molecule has 0 saturated heterocycles. The number of carbonyl (C=O) groups excluding carboxylic acids is 4. The Bertz CT molecular complexity index is 747. The van der Waals surface area contributed by atoms with Crippen LogP contribution >= 0.6 is 0 Å². The van der Waals surface area contributed by atoms with Gasteiger partial charge in [0.05, 0.1) is 13.5 Å². The fourth-order valence-electron chi connectivity index (χ4n) is 2.49. The van der Waals surface area contributed by atoms with Gasteiger partial charge >= 0.3 is 6.09 Å². The highest BCUT2D eigenvalue weighted by Crippen LogP contribution is 2.09. The molecule has 0 bridgehead atoms. The zero-order valence-corrected chi connectivity index (χ0v) is 17.9. The highest BCUT2D eigenvalue weighted by molar-refractivity contribution is 5.93. The summed E-state index contributed by atoms with van der Waals surface area (Å²) in [5, 5.41) is 5.88. The van der Waals surface area contributed by atoms with Gasteiger partial charge in [0, 0.05) is 13.5 Å². The van der Waals surface area contributed by atoms with Gasteiger partial charge in [0.1, 0.15) is 17.7 Å². The van der Waals surface area contributed by atoms with E-state index in [1.165, 1.54) is 14.2 Å². The fraction of sp³-hybridized carbons (Fsp3) is 0.500. The lowest BCUT2D eigenvalue weighted by atomic mass is 10.0. The number of nitrogens with one attached hydrogen (secondary N) is 2. The van der Waals surface area contributed by atoms with Gasteiger partial charge in [0.15, 0.2) is 0 Å². The average molecular weight is 422 g/mol. The second kappa shape index (κ2) is 11.1. The van der Waals surface area contributed by atoms with Crippen LogP contribution in [0.4, 0.5) is 4.79 Å². The Morgan fingerprint density at radius 1 is 1.07 bits per heavy atom. The predicted molar refractivity (Wildman–Crippen MR) is 109 cm³/mol. The van der Waals surface area contributed by atoms with E-state index in [-0.39, 0.29) is 6.42 Å². The normalized spacial score (nSPS) is 13.0. The maximum Gasteiger partial charge on any atom is 0.408 e. The molecule has 2 atom stereocenters. The summed E-state index contributed by atoms with van der Waals surface area (Å²) in [6.07, 6.45) is -1.17. The minimum atomic E-state index is -1.31. The van der Waals surface area contributed by atoms with Gasteiger partial charge in [0.2, 0.25) is 11.8 Å². The number of ether oxygens (including phenoxy) is 1. The van der Waals surface area contributed by atoms with E-state index in [4.69, 9.17) is 15.3 Å². The van der Waals surface area contributed by atoms with Gasteiger partial charge in [-0.15, -0.1) is 0 Å². The summed E-state index contributed by atoms with van der Waals surface area (Å²) >= 11 is 0. The summed E-state index contributed by atoms with van der Waals surface area (Å²) in [5.41, 5.74) is 5.21. The molecule has 166 valence electrons. The smallest absolute Gasteiger partial charge is 0.408 e. The van der Waals surface area contributed by atoms with Gasteiger partial charge < -0.3 is 21.1 Å². The molecule has 0 unspecified atom stereocenters. The number of amides is 4. The summed E-state index contributed by atoms with van der Waals surface area (Å²) in [5.74, 6) is -2.06. The number of hydrogen-bond acceptors (Lipinski definition) is 6. The lowest BCUT2D eigenvalue weighted by Crippen LogP contribution is -2.55. The molecule has 0 aliphatic carbocycles. The van der Waals surface area contributed by atoms with Crippen LogP contribution in [-0.4, -0.2) is 60.7 Å². The molecule has 30 heavy (non-hydrogen) atoms. The second-order valence-electron chi connectivity index (χ2n) is 7.64. The number of nitrogens with zero attached hydrogens (tertiary/aromatic N) is 1. The predicted octanol–water partition coefficient (Wildman–Crippen LogP) is 0.502. The zero-order chi connectivity index (χ0) is 22.9. The van der Waals surface area contributed by atoms with E-state index < -0.39 is 47.9 Å². The first-order chi connectivity index (χ1) is 13.9. The van der Waals surface area contributed by atoms with Crippen LogP contribution in [0.5, 0.6) is 0 Å². The van der Waals surface area contributed by atoms with Crippen LogP contribution in [0.25, 0.3) is 0 Å². The number of alkyl carbamates (subject to hydrolysis) is 1. The first-order valence-electron chi connectivity index (χ1n) is 9.36. The molecule has 1 aromatic rings. The number of benzene rings is 1. The molecule has 0 heterocycles. The lowest BCUT2D eigenvalue weighted by molar-refractivity contribution is -0.171. The SMILES string of the molecule is CON(C)C(=O)[C@H](Cc1ccccc1)NC(=O)[C@H](CC(N)=O)NC(=O)OC(C)(C)C. The Labute approximate surface area is 176 Å². The van der Waals surface area contributed by atoms with Crippen LogP contribution in [-0.2, 0) is 30.4 Å². The van der Waals surface area contributed by atoms with Crippen LogP contribution in [0.3, 0.4) is 0 Å². The number of hydrogen-bond donors (Lipinski definition) is 3. The average Bonchev–Trinajstić information content (AvgIpc) is 2.64. The first-order valence-corrected chi connectivity index (χ1v) is 9.36. The van der Waals surface area contributed by atoms with Crippen LogP contribution in [0.15, 0.2) is 30.3 Å². The van der Waals surface area contributed by atoms with Crippen molar-refractivity contribution in [3.8, 4) is 0 Å². The molecule has 0 aliphatic rings. The Kier molecular flexibility index (Phi) is 9.25. The van der Waals surface area contributed by atoms with E-state index in [0.717, 1.165) is 10.6 Å². The number of nitrogens with two attached hydrogens (primary N) is 1. The van der Waals surface area contributed by atoms with E-state index in [0.29, 0.717) is 0 Å². The van der Waals surface area contributed by atoms with Crippen molar-refractivity contribution in [1.29, 1.82) is 0 Å². The summed E-state index contributed by atoms with van der Waals surface area (Å²) in [6, 6.07) is 6.74. The molecule has 4 N–H and O–H groups in total. The quantitative estimate of drug-likeness (QED) is 0.495. The number of likely N-dealkylation sites (N-methyl/N-ethyl adjacent to an activating group) is 1. The maximum absolute atomic E-state index is 12.8. The van der Waals surface area contributed by atoms with Gasteiger partial charge in [-0.1, -0.05) is 30.3 Å². The van der Waals surface area contributed by atoms with Crippen molar-refractivity contribution in [3.05, 3.63) is 35.9 Å². The Hall–Kier alpha value is -3.14. The Balaban J connectivity index is 3.00. The lowest BCUT2D eigenvalue weighted by Gasteiger charge is -2.26. The van der Waals surface area contributed by atoms with Crippen molar-refractivity contribution in [2.24, 2.45) is 5.73 Å². The maximum atomic E-state index is 12.8. The van der Waals surface area contributed by atoms with Gasteiger partial charge in [-0.05, 0) is 26.3 Å². The molecule has 1 rings (SSSR count). The van der Waals surface area contributed by atoms with E-state index in [2.05, 4.69) is 10.6 Å². The molecule has 0 spiro atoms. The summed E-state index contributed by atoms with van der Waals surface area (Å²) in [6.45, 7) is 4.97. The van der Waals surface area contributed by atoms with Crippen LogP contribution < -0.4 is 16.4 Å². The van der Waals surface area contributed by atoms with Gasteiger partial charge in [-0.3, -0.25) is 19.2 Å². The standard InChI is InChI=1S/C20H30N4O6/c1-20(2,3)30-19(28)23-14(12-16(21)25)17(26)22-15(18(27)24(4)29-5)11-13-9-7-6-8-10-13/h6-10,14-15H,11-12H2,1-5H3,(H2,21,25)(H,22,26)(H,23,28)/t14-,15-/m0/s1. The van der Waals surface area contributed by atoms with Crippen LogP contribution in [0.1, 0.15) is 32.8 Å². The number of hydroxylamine groups is 2. The van der Waals surface area contributed by atoms with Crippen LogP contribution in [0, 0.1) is 0 Å². The van der Waals surface area contributed by atoms with Crippen molar-refractivity contribution < 1.29 is 28.8 Å². The summed E-state index contributed by atoms with van der Waals surface area (Å²) in [4.78, 5) is 53.8. The highest BCUT2D eigenvalue weighted by atomic mass is 16.7. The van der Waals surface area contributed by atoms with Crippen molar-refractivity contribution in [2.45, 2.75) is 51.3 Å². The van der Waals surface area contributed by atoms with Gasteiger partial charge in [-0.25, -0.2) is 9.86 Å². The zero-order valence-electron chi connectivity index (χ0n) is 17.9. The molecule has 0 aromatic heterocycles. The third kappa shape index (κ3) is 8.91. The molecule has 10 nitrogen and oxygen atoms in total. The molecule has 10 heteroatoms. The van der Waals surface area contributed by atoms with E-state index in [1.54, 1.807) is 45.0 Å². The van der Waals surface area contributed by atoms with Crippen molar-refractivity contribution >= 4 is 23.8 Å². The van der Waals surface area contributed by atoms with E-state index in [9.17, 15) is 19.2 Å². The Morgan fingerprint density at radius 3 is 2.17 bits per heavy atom. The molecule has 0 fully saturated rings.